The zero-order valence-electron chi connectivity index (χ0n) is 11.7. The molecule has 0 spiro atoms. The van der Waals surface area contributed by atoms with Crippen molar-refractivity contribution < 1.29 is 13.2 Å². The minimum Gasteiger partial charge on any atom is -0.496 e. The molecule has 0 aliphatic carbocycles. The van der Waals surface area contributed by atoms with Gasteiger partial charge in [-0.3, -0.25) is 0 Å². The molecule has 0 saturated carbocycles. The molecule has 2 N–H and O–H groups in total. The van der Waals surface area contributed by atoms with Crippen molar-refractivity contribution in [2.24, 2.45) is 5.73 Å². The number of nitrogens with zero attached hydrogens (tertiary/aromatic N) is 1. The standard InChI is InChI=1S/C13H22N2O3S/c1-15(6-7-19(3,16)17)10-11-4-5-12(9-14)13(8-11)18-2/h4-5,8H,6-7,9-10,14H2,1-3H3. The molecule has 5 nitrogen and oxygen atoms in total. The second kappa shape index (κ2) is 6.88. The molecule has 0 aliphatic heterocycles. The fraction of sp³-hybridized carbons (Fsp3) is 0.538. The second-order valence-corrected chi connectivity index (χ2v) is 6.98. The highest BCUT2D eigenvalue weighted by atomic mass is 32.2. The van der Waals surface area contributed by atoms with Gasteiger partial charge in [-0.2, -0.15) is 0 Å². The van der Waals surface area contributed by atoms with Crippen molar-refractivity contribution in [2.75, 3.05) is 32.7 Å². The Morgan fingerprint density at radius 2 is 2.05 bits per heavy atom. The Hall–Kier alpha value is -1.11. The van der Waals surface area contributed by atoms with Crippen molar-refractivity contribution in [1.82, 2.24) is 4.90 Å². The van der Waals surface area contributed by atoms with E-state index in [9.17, 15) is 8.42 Å². The first-order valence-corrected chi connectivity index (χ1v) is 8.14. The second-order valence-electron chi connectivity index (χ2n) is 4.72. The van der Waals surface area contributed by atoms with Crippen LogP contribution in [0, 0.1) is 0 Å². The fourth-order valence-corrected chi connectivity index (χ4v) is 2.41. The van der Waals surface area contributed by atoms with E-state index in [2.05, 4.69) is 0 Å². The largest absolute Gasteiger partial charge is 0.496 e. The highest BCUT2D eigenvalue weighted by Crippen LogP contribution is 2.20. The van der Waals surface area contributed by atoms with E-state index in [0.29, 0.717) is 19.6 Å². The number of hydrogen-bond donors (Lipinski definition) is 1. The molecule has 108 valence electrons. The first-order chi connectivity index (χ1) is 8.85. The maximum Gasteiger partial charge on any atom is 0.148 e. The first-order valence-electron chi connectivity index (χ1n) is 6.08. The van der Waals surface area contributed by atoms with E-state index in [1.54, 1.807) is 7.11 Å². The number of rotatable bonds is 7. The van der Waals surface area contributed by atoms with Crippen molar-refractivity contribution >= 4 is 9.84 Å². The number of nitrogens with two attached hydrogens (primary N) is 1. The Kier molecular flexibility index (Phi) is 5.78. The first kappa shape index (κ1) is 15.9. The molecule has 0 amide bonds. The van der Waals surface area contributed by atoms with E-state index in [1.165, 1.54) is 6.26 Å². The summed E-state index contributed by atoms with van der Waals surface area (Å²) in [7, 11) is 0.596. The number of benzene rings is 1. The lowest BCUT2D eigenvalue weighted by Crippen LogP contribution is -2.24. The Bertz CT molecular complexity index is 515. The summed E-state index contributed by atoms with van der Waals surface area (Å²) in [5, 5.41) is 0. The van der Waals surface area contributed by atoms with Gasteiger partial charge < -0.3 is 15.4 Å². The van der Waals surface area contributed by atoms with Crippen LogP contribution in [0.1, 0.15) is 11.1 Å². The third kappa shape index (κ3) is 5.59. The minimum atomic E-state index is -2.92. The van der Waals surface area contributed by atoms with Crippen molar-refractivity contribution in [3.63, 3.8) is 0 Å². The molecule has 1 rings (SSSR count). The van der Waals surface area contributed by atoms with Crippen molar-refractivity contribution in [3.05, 3.63) is 29.3 Å². The van der Waals surface area contributed by atoms with Gasteiger partial charge in [0.05, 0.1) is 12.9 Å². The van der Waals surface area contributed by atoms with Gasteiger partial charge in [0, 0.05) is 31.5 Å². The van der Waals surface area contributed by atoms with E-state index >= 15 is 0 Å². The van der Waals surface area contributed by atoms with Crippen LogP contribution in [0.2, 0.25) is 0 Å². The van der Waals surface area contributed by atoms with Crippen LogP contribution in [0.25, 0.3) is 0 Å². The maximum atomic E-state index is 11.1. The molecule has 6 heteroatoms. The summed E-state index contributed by atoms with van der Waals surface area (Å²) < 4.78 is 27.5. The van der Waals surface area contributed by atoms with Crippen LogP contribution in [0.15, 0.2) is 18.2 Å². The van der Waals surface area contributed by atoms with Crippen LogP contribution in [0.5, 0.6) is 5.75 Å². The lowest BCUT2D eigenvalue weighted by molar-refractivity contribution is 0.344. The van der Waals surface area contributed by atoms with E-state index in [0.717, 1.165) is 16.9 Å². The summed E-state index contributed by atoms with van der Waals surface area (Å²) in [6.07, 6.45) is 1.25. The Labute approximate surface area is 115 Å². The molecule has 0 aromatic heterocycles. The Morgan fingerprint density at radius 1 is 1.37 bits per heavy atom. The van der Waals surface area contributed by atoms with Crippen molar-refractivity contribution in [3.8, 4) is 5.75 Å². The van der Waals surface area contributed by atoms with E-state index < -0.39 is 9.84 Å². The summed E-state index contributed by atoms with van der Waals surface area (Å²) in [5.74, 6) is 0.943. The zero-order chi connectivity index (χ0) is 14.5. The van der Waals surface area contributed by atoms with Crippen molar-refractivity contribution in [2.45, 2.75) is 13.1 Å². The quantitative estimate of drug-likeness (QED) is 0.796. The Balaban J connectivity index is 2.66. The predicted octanol–water partition coefficient (Wildman–Crippen LogP) is 0.630. The SMILES string of the molecule is COc1cc(CN(C)CCS(C)(=O)=O)ccc1CN. The normalized spacial score (nSPS) is 11.8. The van der Waals surface area contributed by atoms with Gasteiger partial charge in [0.2, 0.25) is 0 Å². The van der Waals surface area contributed by atoms with Crippen LogP contribution in [0.3, 0.4) is 0 Å². The van der Waals surface area contributed by atoms with Gasteiger partial charge in [-0.1, -0.05) is 12.1 Å². The van der Waals surface area contributed by atoms with Crippen LogP contribution in [-0.2, 0) is 22.9 Å². The molecule has 0 unspecified atom stereocenters. The molecule has 0 fully saturated rings. The average molecular weight is 286 g/mol. The summed E-state index contributed by atoms with van der Waals surface area (Å²) in [4.78, 5) is 1.97. The number of methoxy groups -OCH3 is 1. The van der Waals surface area contributed by atoms with Crippen LogP contribution in [-0.4, -0.2) is 46.0 Å². The molecule has 0 heterocycles. The number of sulfone groups is 1. The van der Waals surface area contributed by atoms with Gasteiger partial charge >= 0.3 is 0 Å². The monoisotopic (exact) mass is 286 g/mol. The molecule has 0 bridgehead atoms. The van der Waals surface area contributed by atoms with Crippen LogP contribution < -0.4 is 10.5 Å². The molecule has 0 atom stereocenters. The third-order valence-corrected chi connectivity index (χ3v) is 3.79. The molecule has 0 saturated heterocycles. The summed E-state index contributed by atoms with van der Waals surface area (Å²) in [6, 6.07) is 5.87. The maximum absolute atomic E-state index is 11.1. The van der Waals surface area contributed by atoms with Gasteiger partial charge in [0.15, 0.2) is 0 Å². The molecule has 1 aromatic carbocycles. The topological polar surface area (TPSA) is 72.6 Å². The van der Waals surface area contributed by atoms with Crippen molar-refractivity contribution in [1.29, 1.82) is 0 Å². The van der Waals surface area contributed by atoms with Gasteiger partial charge in [-0.05, 0) is 18.7 Å². The van der Waals surface area contributed by atoms with Gasteiger partial charge in [0.1, 0.15) is 15.6 Å². The lowest BCUT2D eigenvalue weighted by atomic mass is 10.1. The lowest BCUT2D eigenvalue weighted by Gasteiger charge is -2.17. The highest BCUT2D eigenvalue weighted by Gasteiger charge is 2.08. The molecule has 1 aromatic rings. The van der Waals surface area contributed by atoms with Crippen LogP contribution in [0.4, 0.5) is 0 Å². The zero-order valence-corrected chi connectivity index (χ0v) is 12.5. The Morgan fingerprint density at radius 3 is 2.58 bits per heavy atom. The van der Waals surface area contributed by atoms with Crippen LogP contribution >= 0.6 is 0 Å². The highest BCUT2D eigenvalue weighted by molar-refractivity contribution is 7.90. The predicted molar refractivity (Wildman–Crippen MR) is 76.9 cm³/mol. The average Bonchev–Trinajstić information content (AvgIpc) is 2.35. The molecular formula is C13H22N2O3S. The molecule has 0 aliphatic rings. The third-order valence-electron chi connectivity index (χ3n) is 2.87. The molecular weight excluding hydrogens is 264 g/mol. The smallest absolute Gasteiger partial charge is 0.148 e. The van der Waals surface area contributed by atoms with Gasteiger partial charge in [-0.15, -0.1) is 0 Å². The summed E-state index contributed by atoms with van der Waals surface area (Å²) >= 11 is 0. The van der Waals surface area contributed by atoms with E-state index in [1.807, 2.05) is 30.1 Å². The van der Waals surface area contributed by atoms with E-state index in [-0.39, 0.29) is 5.75 Å². The molecule has 0 radical (unpaired) electrons. The summed E-state index contributed by atoms with van der Waals surface area (Å²) in [5.41, 5.74) is 7.65. The van der Waals surface area contributed by atoms with Gasteiger partial charge in [-0.25, -0.2) is 8.42 Å². The fourth-order valence-electron chi connectivity index (χ4n) is 1.77. The minimum absolute atomic E-state index is 0.168. The van der Waals surface area contributed by atoms with E-state index in [4.69, 9.17) is 10.5 Å². The number of ether oxygens (including phenoxy) is 1. The number of hydrogen-bond acceptors (Lipinski definition) is 5. The van der Waals surface area contributed by atoms with Gasteiger partial charge in [0.25, 0.3) is 0 Å². The summed E-state index contributed by atoms with van der Waals surface area (Å²) in [6.45, 7) is 1.63. The molecule has 19 heavy (non-hydrogen) atoms.